The molecule has 0 spiro atoms. The fraction of sp³-hybridized carbons (Fsp3) is 0.185. The molecule has 1 fully saturated rings. The van der Waals surface area contributed by atoms with Crippen molar-refractivity contribution < 1.29 is 28.6 Å². The zero-order valence-electron chi connectivity index (χ0n) is 19.4. The van der Waals surface area contributed by atoms with Crippen molar-refractivity contribution in [3.05, 3.63) is 93.2 Å². The molecule has 0 radical (unpaired) electrons. The number of hydrogen-bond acceptors (Lipinski definition) is 5. The molecule has 9 heteroatoms. The van der Waals surface area contributed by atoms with Crippen LogP contribution >= 0.6 is 23.2 Å². The summed E-state index contributed by atoms with van der Waals surface area (Å²) in [5, 5.41) is 11.9. The number of rotatable bonds is 7. The molecule has 1 atom stereocenters. The van der Waals surface area contributed by atoms with Gasteiger partial charge in [0, 0.05) is 11.8 Å². The van der Waals surface area contributed by atoms with E-state index in [-0.39, 0.29) is 39.2 Å². The fourth-order valence-corrected chi connectivity index (χ4v) is 4.36. The van der Waals surface area contributed by atoms with Gasteiger partial charge in [-0.25, -0.2) is 4.39 Å². The van der Waals surface area contributed by atoms with Crippen LogP contribution in [0.5, 0.6) is 11.5 Å². The number of carbonyl (C=O) groups is 2. The number of Topliss-reactive ketones (excluding diaryl/α,β-unsaturated/α-hetero) is 1. The van der Waals surface area contributed by atoms with Crippen LogP contribution in [0.2, 0.25) is 10.0 Å². The molecular formula is C27H22Cl2FNO5. The highest BCUT2D eigenvalue weighted by Crippen LogP contribution is 2.44. The highest BCUT2D eigenvalue weighted by molar-refractivity contribution is 6.52. The zero-order valence-corrected chi connectivity index (χ0v) is 20.9. The SMILES string of the molecule is CCOc1ccc(/C(O)=C2/C(=O)C(=O)N(c3ccc(Cl)c(Cl)c3)C2c2ccc(F)cc2)c(OCC)c1. The van der Waals surface area contributed by atoms with E-state index in [1.807, 2.05) is 6.92 Å². The molecule has 0 saturated carbocycles. The molecule has 6 nitrogen and oxygen atoms in total. The summed E-state index contributed by atoms with van der Waals surface area (Å²) in [6.45, 7) is 4.32. The summed E-state index contributed by atoms with van der Waals surface area (Å²) in [5.41, 5.74) is 0.728. The van der Waals surface area contributed by atoms with Crippen LogP contribution in [0, 0.1) is 5.82 Å². The third-order valence-corrected chi connectivity index (χ3v) is 6.37. The minimum atomic E-state index is -1.07. The second kappa shape index (κ2) is 10.6. The summed E-state index contributed by atoms with van der Waals surface area (Å²) < 4.78 is 25.0. The molecule has 0 aromatic heterocycles. The van der Waals surface area contributed by atoms with Crippen molar-refractivity contribution in [2.75, 3.05) is 18.1 Å². The average Bonchev–Trinajstić information content (AvgIpc) is 3.12. The van der Waals surface area contributed by atoms with Gasteiger partial charge in [-0.15, -0.1) is 0 Å². The first-order valence-corrected chi connectivity index (χ1v) is 11.9. The van der Waals surface area contributed by atoms with Crippen LogP contribution in [0.25, 0.3) is 5.76 Å². The molecule has 0 bridgehead atoms. The monoisotopic (exact) mass is 529 g/mol. The fourth-order valence-electron chi connectivity index (χ4n) is 4.07. The molecule has 186 valence electrons. The molecule has 1 saturated heterocycles. The second-order valence-corrected chi connectivity index (χ2v) is 8.66. The van der Waals surface area contributed by atoms with Gasteiger partial charge in [-0.1, -0.05) is 35.3 Å². The summed E-state index contributed by atoms with van der Waals surface area (Å²) in [4.78, 5) is 27.8. The first kappa shape index (κ1) is 25.5. The Morgan fingerprint density at radius 1 is 0.944 bits per heavy atom. The maximum Gasteiger partial charge on any atom is 0.300 e. The highest BCUT2D eigenvalue weighted by Gasteiger charge is 2.47. The molecule has 36 heavy (non-hydrogen) atoms. The van der Waals surface area contributed by atoms with Crippen LogP contribution < -0.4 is 14.4 Å². The van der Waals surface area contributed by atoms with E-state index in [9.17, 15) is 19.1 Å². The van der Waals surface area contributed by atoms with Gasteiger partial charge in [0.15, 0.2) is 0 Å². The van der Waals surface area contributed by atoms with E-state index in [0.29, 0.717) is 17.9 Å². The smallest absolute Gasteiger partial charge is 0.300 e. The number of anilines is 1. The van der Waals surface area contributed by atoms with Gasteiger partial charge >= 0.3 is 0 Å². The maximum atomic E-state index is 13.7. The number of ether oxygens (including phenoxy) is 2. The van der Waals surface area contributed by atoms with Crippen molar-refractivity contribution in [1.82, 2.24) is 0 Å². The van der Waals surface area contributed by atoms with Crippen LogP contribution in [0.1, 0.15) is 31.0 Å². The van der Waals surface area contributed by atoms with Crippen molar-refractivity contribution in [1.29, 1.82) is 0 Å². The molecule has 1 heterocycles. The minimum absolute atomic E-state index is 0.178. The van der Waals surface area contributed by atoms with Crippen LogP contribution in [0.15, 0.2) is 66.2 Å². The predicted octanol–water partition coefficient (Wildman–Crippen LogP) is 6.56. The van der Waals surface area contributed by atoms with E-state index >= 15 is 0 Å². The number of benzene rings is 3. The van der Waals surface area contributed by atoms with E-state index in [1.165, 1.54) is 41.3 Å². The summed E-state index contributed by atoms with van der Waals surface area (Å²) in [6, 6.07) is 13.5. The summed E-state index contributed by atoms with van der Waals surface area (Å²) >= 11 is 12.2. The van der Waals surface area contributed by atoms with Crippen molar-refractivity contribution in [3.8, 4) is 11.5 Å². The standard InChI is InChI=1S/C27H22Cl2FNO5/c1-3-35-18-10-11-19(22(14-18)36-4-2)25(32)23-24(15-5-7-16(30)8-6-15)31(27(34)26(23)33)17-9-12-20(28)21(29)13-17/h5-14,24,32H,3-4H2,1-2H3/b25-23-. The highest BCUT2D eigenvalue weighted by atomic mass is 35.5. The Morgan fingerprint density at radius 3 is 2.28 bits per heavy atom. The molecular weight excluding hydrogens is 508 g/mol. The first-order valence-electron chi connectivity index (χ1n) is 11.2. The molecule has 1 aliphatic rings. The topological polar surface area (TPSA) is 76.1 Å². The molecule has 0 aliphatic carbocycles. The summed E-state index contributed by atoms with van der Waals surface area (Å²) in [5.74, 6) is -1.92. The molecule has 3 aromatic rings. The normalized spacial score (nSPS) is 16.9. The lowest BCUT2D eigenvalue weighted by Gasteiger charge is -2.26. The van der Waals surface area contributed by atoms with E-state index < -0.39 is 29.3 Å². The lowest BCUT2D eigenvalue weighted by molar-refractivity contribution is -0.132. The largest absolute Gasteiger partial charge is 0.507 e. The Morgan fingerprint density at radius 2 is 1.64 bits per heavy atom. The molecule has 3 aromatic carbocycles. The molecule has 4 rings (SSSR count). The van der Waals surface area contributed by atoms with Crippen LogP contribution in [-0.2, 0) is 9.59 Å². The van der Waals surface area contributed by atoms with Crippen LogP contribution in [0.4, 0.5) is 10.1 Å². The Kier molecular flexibility index (Phi) is 7.52. The Hall–Kier alpha value is -3.55. The predicted molar refractivity (Wildman–Crippen MR) is 136 cm³/mol. The van der Waals surface area contributed by atoms with Gasteiger partial charge in [0.1, 0.15) is 23.1 Å². The number of ketones is 1. The second-order valence-electron chi connectivity index (χ2n) is 7.84. The minimum Gasteiger partial charge on any atom is -0.507 e. The molecule has 1 N–H and O–H groups in total. The van der Waals surface area contributed by atoms with Gasteiger partial charge in [0.25, 0.3) is 11.7 Å². The lowest BCUT2D eigenvalue weighted by atomic mass is 9.94. The van der Waals surface area contributed by atoms with Gasteiger partial charge in [-0.3, -0.25) is 14.5 Å². The van der Waals surface area contributed by atoms with Crippen LogP contribution in [-0.4, -0.2) is 30.0 Å². The van der Waals surface area contributed by atoms with E-state index in [4.69, 9.17) is 32.7 Å². The number of aliphatic hydroxyl groups is 1. The number of carbonyl (C=O) groups excluding carboxylic acids is 2. The van der Waals surface area contributed by atoms with Gasteiger partial charge in [-0.05, 0) is 61.9 Å². The molecule has 1 unspecified atom stereocenters. The lowest BCUT2D eigenvalue weighted by Crippen LogP contribution is -2.29. The maximum absolute atomic E-state index is 13.7. The average molecular weight is 530 g/mol. The van der Waals surface area contributed by atoms with Gasteiger partial charge < -0.3 is 14.6 Å². The Bertz CT molecular complexity index is 1360. The van der Waals surface area contributed by atoms with Crippen molar-refractivity contribution in [2.24, 2.45) is 0 Å². The van der Waals surface area contributed by atoms with E-state index in [1.54, 1.807) is 31.2 Å². The van der Waals surface area contributed by atoms with Crippen LogP contribution in [0.3, 0.4) is 0 Å². The summed E-state index contributed by atoms with van der Waals surface area (Å²) in [7, 11) is 0. The Balaban J connectivity index is 1.95. The number of nitrogens with zero attached hydrogens (tertiary/aromatic N) is 1. The first-order chi connectivity index (χ1) is 17.3. The van der Waals surface area contributed by atoms with Gasteiger partial charge in [0.05, 0.1) is 40.4 Å². The van der Waals surface area contributed by atoms with Crippen molar-refractivity contribution in [2.45, 2.75) is 19.9 Å². The number of hydrogen-bond donors (Lipinski definition) is 1. The third-order valence-electron chi connectivity index (χ3n) is 5.63. The summed E-state index contributed by atoms with van der Waals surface area (Å²) in [6.07, 6.45) is 0. The molecule has 1 amide bonds. The van der Waals surface area contributed by atoms with E-state index in [0.717, 1.165) is 0 Å². The van der Waals surface area contributed by atoms with Crippen molar-refractivity contribution >= 4 is 46.3 Å². The number of amides is 1. The number of halogens is 3. The van der Waals surface area contributed by atoms with Crippen molar-refractivity contribution in [3.63, 3.8) is 0 Å². The zero-order chi connectivity index (χ0) is 26.0. The number of aliphatic hydroxyl groups excluding tert-OH is 1. The quantitative estimate of drug-likeness (QED) is 0.213. The Labute approximate surface area is 217 Å². The van der Waals surface area contributed by atoms with Gasteiger partial charge in [-0.2, -0.15) is 0 Å². The van der Waals surface area contributed by atoms with E-state index in [2.05, 4.69) is 0 Å². The molecule has 1 aliphatic heterocycles. The van der Waals surface area contributed by atoms with Gasteiger partial charge in [0.2, 0.25) is 0 Å². The third kappa shape index (κ3) is 4.76.